The summed E-state index contributed by atoms with van der Waals surface area (Å²) in [5.41, 5.74) is 6.39. The van der Waals surface area contributed by atoms with E-state index in [1.165, 1.54) is 11.3 Å². The van der Waals surface area contributed by atoms with E-state index in [9.17, 15) is 9.59 Å². The van der Waals surface area contributed by atoms with Crippen LogP contribution >= 0.6 is 0 Å². The summed E-state index contributed by atoms with van der Waals surface area (Å²) in [7, 11) is 0. The maximum Gasteiger partial charge on any atom is 0.347 e. The van der Waals surface area contributed by atoms with E-state index in [1.807, 2.05) is 18.2 Å². The van der Waals surface area contributed by atoms with Gasteiger partial charge < -0.3 is 27.5 Å². The van der Waals surface area contributed by atoms with Crippen molar-refractivity contribution in [1.29, 1.82) is 0 Å². The molecule has 4 aromatic heterocycles. The molecule has 2 aliphatic rings. The van der Waals surface area contributed by atoms with Crippen LogP contribution in [0.2, 0.25) is 0 Å². The molecule has 0 spiro atoms. The van der Waals surface area contributed by atoms with E-state index in [0.717, 1.165) is 86.7 Å². The lowest BCUT2D eigenvalue weighted by atomic mass is 9.69. The van der Waals surface area contributed by atoms with Crippen molar-refractivity contribution < 1.29 is 17.7 Å². The molecule has 0 aliphatic carbocycles. The summed E-state index contributed by atoms with van der Waals surface area (Å²) in [6.07, 6.45) is 6.52. The maximum absolute atomic E-state index is 13.6. The lowest BCUT2D eigenvalue weighted by Gasteiger charge is -2.48. The highest BCUT2D eigenvalue weighted by Gasteiger charge is 2.42. The van der Waals surface area contributed by atoms with Gasteiger partial charge in [0.1, 0.15) is 33.8 Å². The molecule has 0 saturated carbocycles. The lowest BCUT2D eigenvalue weighted by molar-refractivity contribution is 0.398. The number of benzene rings is 2. The van der Waals surface area contributed by atoms with Crippen LogP contribution in [-0.2, 0) is 10.8 Å². The van der Waals surface area contributed by atoms with Crippen LogP contribution in [0.15, 0.2) is 75.8 Å². The third-order valence-corrected chi connectivity index (χ3v) is 11.1. The van der Waals surface area contributed by atoms with Crippen molar-refractivity contribution in [3.8, 4) is 22.6 Å². The van der Waals surface area contributed by atoms with Crippen LogP contribution in [0.3, 0.4) is 0 Å². The number of hydrogen-bond acceptors (Lipinski definition) is 8. The summed E-state index contributed by atoms with van der Waals surface area (Å²) in [6.45, 7) is 17.4. The van der Waals surface area contributed by atoms with Crippen molar-refractivity contribution in [2.45, 2.75) is 90.9 Å². The second-order valence-corrected chi connectivity index (χ2v) is 15.6. The van der Waals surface area contributed by atoms with E-state index >= 15 is 0 Å². The first-order valence-corrected chi connectivity index (χ1v) is 18.2. The average Bonchev–Trinajstić information content (AvgIpc) is 3.66. The molecule has 8 rings (SSSR count). The van der Waals surface area contributed by atoms with Gasteiger partial charge in [0, 0.05) is 72.1 Å². The van der Waals surface area contributed by atoms with Gasteiger partial charge in [-0.15, -0.1) is 0 Å². The van der Waals surface area contributed by atoms with E-state index in [2.05, 4.69) is 63.5 Å². The molecule has 50 heavy (non-hydrogen) atoms. The van der Waals surface area contributed by atoms with Crippen LogP contribution in [0.1, 0.15) is 91.2 Å². The van der Waals surface area contributed by atoms with Crippen molar-refractivity contribution in [2.75, 3.05) is 36.0 Å². The average molecular weight is 675 g/mol. The Labute approximate surface area is 291 Å². The van der Waals surface area contributed by atoms with Crippen molar-refractivity contribution in [1.82, 2.24) is 0 Å². The molecular formula is C42H46N2O6. The van der Waals surface area contributed by atoms with Crippen LogP contribution in [0, 0.1) is 0 Å². The zero-order valence-electron chi connectivity index (χ0n) is 30.0. The number of unbranched alkanes of at least 4 members (excludes halogenated alkanes) is 2. The Morgan fingerprint density at radius 2 is 1.28 bits per heavy atom. The van der Waals surface area contributed by atoms with Crippen molar-refractivity contribution in [2.24, 2.45) is 0 Å². The molecule has 0 amide bonds. The Kier molecular flexibility index (Phi) is 7.77. The van der Waals surface area contributed by atoms with Gasteiger partial charge in [0.15, 0.2) is 11.2 Å². The maximum atomic E-state index is 13.6. The number of anilines is 2. The highest BCUT2D eigenvalue weighted by Crippen LogP contribution is 2.52. The van der Waals surface area contributed by atoms with Gasteiger partial charge in [-0.05, 0) is 72.4 Å². The predicted molar refractivity (Wildman–Crippen MR) is 201 cm³/mol. The second kappa shape index (κ2) is 12.0. The number of fused-ring (bicyclic) bond motifs is 4. The van der Waals surface area contributed by atoms with Crippen LogP contribution in [0.5, 0.6) is 0 Å². The molecule has 0 radical (unpaired) electrons. The summed E-state index contributed by atoms with van der Waals surface area (Å²) >= 11 is 0. The highest BCUT2D eigenvalue weighted by molar-refractivity contribution is 5.93. The molecule has 0 N–H and O–H groups in total. The lowest BCUT2D eigenvalue weighted by Crippen LogP contribution is -2.44. The number of rotatable bonds is 9. The van der Waals surface area contributed by atoms with Gasteiger partial charge >= 0.3 is 11.3 Å². The summed E-state index contributed by atoms with van der Waals surface area (Å²) in [4.78, 5) is 31.7. The molecule has 0 saturated heterocycles. The van der Waals surface area contributed by atoms with Crippen molar-refractivity contribution >= 4 is 44.5 Å². The van der Waals surface area contributed by atoms with E-state index in [0.29, 0.717) is 45.0 Å². The minimum absolute atomic E-state index is 0.000750. The molecular weight excluding hydrogens is 628 g/mol. The molecule has 0 atom stereocenters. The molecule has 2 aliphatic heterocycles. The van der Waals surface area contributed by atoms with Gasteiger partial charge in [-0.2, -0.15) is 0 Å². The van der Waals surface area contributed by atoms with Crippen molar-refractivity contribution in [3.63, 3.8) is 0 Å². The fraction of sp³-hybridized carbons (Fsp3) is 0.429. The monoisotopic (exact) mass is 674 g/mol. The van der Waals surface area contributed by atoms with Gasteiger partial charge in [-0.3, -0.25) is 0 Å². The Morgan fingerprint density at radius 1 is 0.680 bits per heavy atom. The topological polar surface area (TPSA) is 93.2 Å². The summed E-state index contributed by atoms with van der Waals surface area (Å²) < 4.78 is 24.4. The molecule has 6 heterocycles. The largest absolute Gasteiger partial charge is 0.452 e. The SMILES string of the molecule is CCCCN(CCCC)c1ccc2cc(-c3cc4oc(-c5cc6cc7c8c(c6oc5=O)C(C)(C)CCN8CCC7(C)C)cc4o3)c(=O)oc2c1. The molecule has 8 nitrogen and oxygen atoms in total. The van der Waals surface area contributed by atoms with Crippen LogP contribution in [0.25, 0.3) is 55.8 Å². The Bertz CT molecular complexity index is 2340. The minimum atomic E-state index is -0.480. The second-order valence-electron chi connectivity index (χ2n) is 15.6. The highest BCUT2D eigenvalue weighted by atomic mass is 16.4. The van der Waals surface area contributed by atoms with Gasteiger partial charge in [-0.1, -0.05) is 54.4 Å². The normalized spacial score (nSPS) is 16.4. The first kappa shape index (κ1) is 32.5. The number of nitrogens with zero attached hydrogens (tertiary/aromatic N) is 2. The van der Waals surface area contributed by atoms with Gasteiger partial charge in [0.25, 0.3) is 0 Å². The first-order valence-electron chi connectivity index (χ1n) is 18.2. The molecule has 0 bridgehead atoms. The molecule has 2 aromatic carbocycles. The van der Waals surface area contributed by atoms with E-state index in [-0.39, 0.29) is 10.8 Å². The third-order valence-electron chi connectivity index (χ3n) is 11.1. The quantitative estimate of drug-likeness (QED) is 0.140. The molecule has 0 fully saturated rings. The summed E-state index contributed by atoms with van der Waals surface area (Å²) in [5.74, 6) is 0.712. The zero-order valence-corrected chi connectivity index (χ0v) is 30.0. The fourth-order valence-corrected chi connectivity index (χ4v) is 7.96. The summed E-state index contributed by atoms with van der Waals surface area (Å²) in [6, 6.07) is 15.3. The van der Waals surface area contributed by atoms with Crippen LogP contribution in [0.4, 0.5) is 11.4 Å². The standard InChI is InChI=1S/C42H46N2O6/c1-7-9-15-43(16-10-8-2)27-12-11-25-19-28(39(45)49-31(25)22-27)32-23-34-35(47-32)24-33(48-34)29-20-26-21-30-37-36(38(26)50-40(29)46)42(5,6)14-18-44(37)17-13-41(30,3)4/h11-12,19-24H,7-10,13-18H2,1-6H3. The Morgan fingerprint density at radius 3 is 1.92 bits per heavy atom. The van der Waals surface area contributed by atoms with E-state index in [4.69, 9.17) is 17.7 Å². The van der Waals surface area contributed by atoms with Crippen molar-refractivity contribution in [3.05, 3.63) is 80.5 Å². The Hall–Kier alpha value is -4.72. The van der Waals surface area contributed by atoms with Gasteiger partial charge in [-0.25, -0.2) is 9.59 Å². The minimum Gasteiger partial charge on any atom is -0.452 e. The fourth-order valence-electron chi connectivity index (χ4n) is 7.96. The number of hydrogen-bond donors (Lipinski definition) is 0. The Balaban J connectivity index is 1.15. The van der Waals surface area contributed by atoms with Gasteiger partial charge in [0.2, 0.25) is 0 Å². The van der Waals surface area contributed by atoms with Crippen LogP contribution < -0.4 is 21.1 Å². The molecule has 0 unspecified atom stereocenters. The molecule has 6 aromatic rings. The first-order chi connectivity index (χ1) is 24.0. The zero-order chi connectivity index (χ0) is 34.9. The molecule has 8 heteroatoms. The third kappa shape index (κ3) is 5.35. The number of furan rings is 2. The predicted octanol–water partition coefficient (Wildman–Crippen LogP) is 10.1. The van der Waals surface area contributed by atoms with E-state index in [1.54, 1.807) is 18.2 Å². The summed E-state index contributed by atoms with van der Waals surface area (Å²) in [5, 5.41) is 1.70. The molecule has 260 valence electrons. The van der Waals surface area contributed by atoms with Crippen LogP contribution in [-0.4, -0.2) is 26.2 Å². The smallest absolute Gasteiger partial charge is 0.347 e. The van der Waals surface area contributed by atoms with Gasteiger partial charge in [0.05, 0.1) is 0 Å². The van der Waals surface area contributed by atoms with E-state index < -0.39 is 11.3 Å².